The third-order valence-electron chi connectivity index (χ3n) is 3.17. The smallest absolute Gasteiger partial charge is 0.270 e. The van der Waals surface area contributed by atoms with Crippen molar-refractivity contribution in [3.63, 3.8) is 0 Å². The van der Waals surface area contributed by atoms with Crippen molar-refractivity contribution in [3.8, 4) is 5.75 Å². The van der Waals surface area contributed by atoms with Crippen molar-refractivity contribution in [1.82, 2.24) is 9.55 Å². The third kappa shape index (κ3) is 3.57. The highest BCUT2D eigenvalue weighted by Crippen LogP contribution is 2.29. The van der Waals surface area contributed by atoms with Gasteiger partial charge in [-0.05, 0) is 19.9 Å². The monoisotopic (exact) mass is 291 g/mol. The van der Waals surface area contributed by atoms with E-state index in [-0.39, 0.29) is 5.69 Å². The van der Waals surface area contributed by atoms with Crippen molar-refractivity contribution >= 4 is 5.69 Å². The number of nitro benzene ring substituents is 1. The van der Waals surface area contributed by atoms with Crippen LogP contribution in [0.4, 0.5) is 5.69 Å². The lowest BCUT2D eigenvalue weighted by Gasteiger charge is -2.14. The quantitative estimate of drug-likeness (QED) is 0.651. The molecule has 21 heavy (non-hydrogen) atoms. The third-order valence-corrected chi connectivity index (χ3v) is 3.17. The summed E-state index contributed by atoms with van der Waals surface area (Å²) in [4.78, 5) is 14.4. The molecule has 0 aliphatic heterocycles. The molecule has 7 heteroatoms. The number of aliphatic hydroxyl groups is 1. The molecule has 0 saturated heterocycles. The normalized spacial score (nSPS) is 12.1. The van der Waals surface area contributed by atoms with E-state index in [2.05, 4.69) is 4.98 Å². The van der Waals surface area contributed by atoms with E-state index >= 15 is 0 Å². The Morgan fingerprint density at radius 3 is 2.86 bits per heavy atom. The average Bonchev–Trinajstić information content (AvgIpc) is 2.84. The summed E-state index contributed by atoms with van der Waals surface area (Å²) in [6.45, 7) is 4.44. The second-order valence-corrected chi connectivity index (χ2v) is 4.67. The molecule has 1 atom stereocenters. The van der Waals surface area contributed by atoms with Gasteiger partial charge in [0.2, 0.25) is 0 Å². The zero-order valence-corrected chi connectivity index (χ0v) is 11.9. The topological polar surface area (TPSA) is 90.4 Å². The van der Waals surface area contributed by atoms with Crippen molar-refractivity contribution in [2.24, 2.45) is 0 Å². The first-order valence-electron chi connectivity index (χ1n) is 6.56. The van der Waals surface area contributed by atoms with Gasteiger partial charge in [0.25, 0.3) is 5.69 Å². The maximum atomic E-state index is 10.8. The van der Waals surface area contributed by atoms with Gasteiger partial charge in [-0.25, -0.2) is 4.98 Å². The standard InChI is InChI=1S/C14H17N3O4/c1-10(18)13-9-12(17(19)20)3-4-14(13)21-8-7-16-6-5-15-11(16)2/h3-6,9-10,18H,7-8H2,1-2H3/t10-/m0/s1. The molecule has 0 aliphatic carbocycles. The van der Waals surface area contributed by atoms with Crippen LogP contribution >= 0.6 is 0 Å². The fraction of sp³-hybridized carbons (Fsp3) is 0.357. The summed E-state index contributed by atoms with van der Waals surface area (Å²) in [7, 11) is 0. The summed E-state index contributed by atoms with van der Waals surface area (Å²) in [6, 6.07) is 4.22. The zero-order chi connectivity index (χ0) is 15.4. The van der Waals surface area contributed by atoms with Gasteiger partial charge < -0.3 is 14.4 Å². The molecule has 1 aromatic heterocycles. The van der Waals surface area contributed by atoms with Gasteiger partial charge in [-0.15, -0.1) is 0 Å². The minimum Gasteiger partial charge on any atom is -0.491 e. The molecule has 2 aromatic rings. The molecule has 7 nitrogen and oxygen atoms in total. The largest absolute Gasteiger partial charge is 0.491 e. The van der Waals surface area contributed by atoms with E-state index in [0.717, 1.165) is 5.82 Å². The lowest BCUT2D eigenvalue weighted by atomic mass is 10.1. The van der Waals surface area contributed by atoms with Gasteiger partial charge in [0, 0.05) is 30.1 Å². The van der Waals surface area contributed by atoms with Gasteiger partial charge >= 0.3 is 0 Å². The summed E-state index contributed by atoms with van der Waals surface area (Å²) >= 11 is 0. The summed E-state index contributed by atoms with van der Waals surface area (Å²) < 4.78 is 7.57. The van der Waals surface area contributed by atoms with Crippen LogP contribution in [0.25, 0.3) is 0 Å². The molecule has 1 aromatic carbocycles. The number of imidazole rings is 1. The Hall–Kier alpha value is -2.41. The van der Waals surface area contributed by atoms with Crippen LogP contribution in [0.3, 0.4) is 0 Å². The Kier molecular flexibility index (Phi) is 4.54. The molecule has 112 valence electrons. The molecular weight excluding hydrogens is 274 g/mol. The SMILES string of the molecule is Cc1nccn1CCOc1ccc([N+](=O)[O-])cc1[C@H](C)O. The van der Waals surface area contributed by atoms with Crippen LogP contribution in [0.5, 0.6) is 5.75 Å². The molecule has 0 fully saturated rings. The number of ether oxygens (including phenoxy) is 1. The van der Waals surface area contributed by atoms with Crippen LogP contribution in [0, 0.1) is 17.0 Å². The first-order chi connectivity index (χ1) is 9.99. The molecule has 0 bridgehead atoms. The Balaban J connectivity index is 2.08. The number of aryl methyl sites for hydroxylation is 1. The number of nitro groups is 1. The molecule has 0 spiro atoms. The molecular formula is C14H17N3O4. The van der Waals surface area contributed by atoms with Gasteiger partial charge in [0.1, 0.15) is 18.2 Å². The lowest BCUT2D eigenvalue weighted by molar-refractivity contribution is -0.385. The second kappa shape index (κ2) is 6.36. The maximum absolute atomic E-state index is 10.8. The van der Waals surface area contributed by atoms with Crippen LogP contribution < -0.4 is 4.74 Å². The predicted octanol–water partition coefficient (Wildman–Crippen LogP) is 2.23. The average molecular weight is 291 g/mol. The summed E-state index contributed by atoms with van der Waals surface area (Å²) in [6.07, 6.45) is 2.72. The molecule has 0 radical (unpaired) electrons. The van der Waals surface area contributed by atoms with E-state index in [1.807, 2.05) is 17.7 Å². The first-order valence-corrected chi connectivity index (χ1v) is 6.56. The van der Waals surface area contributed by atoms with Crippen molar-refractivity contribution in [3.05, 3.63) is 52.1 Å². The molecule has 0 amide bonds. The van der Waals surface area contributed by atoms with E-state index in [1.165, 1.54) is 18.2 Å². The number of hydrogen-bond acceptors (Lipinski definition) is 5. The highest BCUT2D eigenvalue weighted by molar-refractivity contribution is 5.44. The molecule has 1 N–H and O–H groups in total. The highest BCUT2D eigenvalue weighted by Gasteiger charge is 2.15. The van der Waals surface area contributed by atoms with Gasteiger partial charge in [-0.1, -0.05) is 0 Å². The highest BCUT2D eigenvalue weighted by atomic mass is 16.6. The van der Waals surface area contributed by atoms with Gasteiger partial charge in [-0.2, -0.15) is 0 Å². The van der Waals surface area contributed by atoms with Crippen molar-refractivity contribution in [1.29, 1.82) is 0 Å². The van der Waals surface area contributed by atoms with E-state index in [0.29, 0.717) is 24.5 Å². The second-order valence-electron chi connectivity index (χ2n) is 4.67. The lowest BCUT2D eigenvalue weighted by Crippen LogP contribution is -2.10. The van der Waals surface area contributed by atoms with E-state index in [9.17, 15) is 15.2 Å². The first kappa shape index (κ1) is 15.0. The number of aliphatic hydroxyl groups excluding tert-OH is 1. The van der Waals surface area contributed by atoms with E-state index < -0.39 is 11.0 Å². The Morgan fingerprint density at radius 2 is 2.29 bits per heavy atom. The van der Waals surface area contributed by atoms with E-state index in [4.69, 9.17) is 4.74 Å². The van der Waals surface area contributed by atoms with Gasteiger partial charge in [-0.3, -0.25) is 10.1 Å². The van der Waals surface area contributed by atoms with Crippen molar-refractivity contribution in [2.45, 2.75) is 26.5 Å². The molecule has 0 unspecified atom stereocenters. The van der Waals surface area contributed by atoms with Crippen LogP contribution in [-0.2, 0) is 6.54 Å². The van der Waals surface area contributed by atoms with Crippen LogP contribution in [0.2, 0.25) is 0 Å². The molecule has 2 rings (SSSR count). The van der Waals surface area contributed by atoms with Crippen molar-refractivity contribution in [2.75, 3.05) is 6.61 Å². The molecule has 0 saturated carbocycles. The van der Waals surface area contributed by atoms with Crippen molar-refractivity contribution < 1.29 is 14.8 Å². The molecule has 1 heterocycles. The predicted molar refractivity (Wildman–Crippen MR) is 76.2 cm³/mol. The summed E-state index contributed by atoms with van der Waals surface area (Å²) in [5.41, 5.74) is 0.343. The Labute approximate surface area is 122 Å². The number of hydrogen-bond donors (Lipinski definition) is 1. The van der Waals surface area contributed by atoms with Gasteiger partial charge in [0.15, 0.2) is 0 Å². The minimum absolute atomic E-state index is 0.0660. The van der Waals surface area contributed by atoms with E-state index in [1.54, 1.807) is 13.1 Å². The van der Waals surface area contributed by atoms with Gasteiger partial charge in [0.05, 0.1) is 17.6 Å². The molecule has 0 aliphatic rings. The number of benzene rings is 1. The zero-order valence-electron chi connectivity index (χ0n) is 11.9. The Bertz CT molecular complexity index is 637. The number of aromatic nitrogens is 2. The van der Waals surface area contributed by atoms with Crippen LogP contribution in [0.1, 0.15) is 24.4 Å². The fourth-order valence-electron chi connectivity index (χ4n) is 2.00. The van der Waals surface area contributed by atoms with Crippen LogP contribution in [-0.4, -0.2) is 26.2 Å². The number of rotatable bonds is 6. The number of nitrogens with zero attached hydrogens (tertiary/aromatic N) is 3. The summed E-state index contributed by atoms with van der Waals surface area (Å²) in [5, 5.41) is 20.5. The number of non-ortho nitro benzene ring substituents is 1. The minimum atomic E-state index is -0.838. The summed E-state index contributed by atoms with van der Waals surface area (Å²) in [5.74, 6) is 1.34. The Morgan fingerprint density at radius 1 is 1.52 bits per heavy atom. The fourth-order valence-corrected chi connectivity index (χ4v) is 2.00. The van der Waals surface area contributed by atoms with Crippen LogP contribution in [0.15, 0.2) is 30.6 Å². The maximum Gasteiger partial charge on any atom is 0.270 e.